The van der Waals surface area contributed by atoms with Crippen molar-refractivity contribution in [3.05, 3.63) is 29.3 Å². The zero-order valence-corrected chi connectivity index (χ0v) is 14.9. The van der Waals surface area contributed by atoms with Gasteiger partial charge in [0, 0.05) is 6.54 Å². The number of carbonyl (C=O) groups is 1. The Hall–Kier alpha value is -1.55. The maximum Gasteiger partial charge on any atom is 0.260 e. The summed E-state index contributed by atoms with van der Waals surface area (Å²) < 4.78 is 5.80. The molecular formula is C19H30N2O2. The van der Waals surface area contributed by atoms with Crippen LogP contribution in [0.1, 0.15) is 37.3 Å². The molecule has 0 aliphatic carbocycles. The first-order chi connectivity index (χ1) is 11.0. The van der Waals surface area contributed by atoms with Crippen LogP contribution in [0.3, 0.4) is 0 Å². The van der Waals surface area contributed by atoms with Crippen LogP contribution in [0.4, 0.5) is 0 Å². The highest BCUT2D eigenvalue weighted by Crippen LogP contribution is 2.20. The second-order valence-electron chi connectivity index (χ2n) is 6.86. The Balaban J connectivity index is 1.72. The van der Waals surface area contributed by atoms with Gasteiger partial charge in [-0.2, -0.15) is 0 Å². The largest absolute Gasteiger partial charge is 0.481 e. The maximum atomic E-state index is 12.2. The third-order valence-corrected chi connectivity index (χ3v) is 4.69. The highest BCUT2D eigenvalue weighted by atomic mass is 16.5. The fourth-order valence-electron chi connectivity index (χ4n) is 3.07. The Labute approximate surface area is 140 Å². The maximum absolute atomic E-state index is 12.2. The lowest BCUT2D eigenvalue weighted by Gasteiger charge is -2.29. The van der Waals surface area contributed by atoms with Crippen molar-refractivity contribution in [3.63, 3.8) is 0 Å². The quantitative estimate of drug-likeness (QED) is 0.877. The number of likely N-dealkylation sites (tertiary alicyclic amines) is 1. The van der Waals surface area contributed by atoms with Crippen LogP contribution in [0.25, 0.3) is 0 Å². The minimum absolute atomic E-state index is 0.0297. The van der Waals surface area contributed by atoms with Gasteiger partial charge in [-0.1, -0.05) is 17.7 Å². The summed E-state index contributed by atoms with van der Waals surface area (Å²) in [5, 5.41) is 3.01. The number of aryl methyl sites for hydroxylation is 2. The molecule has 1 aromatic rings. The number of carbonyl (C=O) groups excluding carboxylic acids is 1. The van der Waals surface area contributed by atoms with Crippen LogP contribution in [-0.4, -0.2) is 43.6 Å². The Morgan fingerprint density at radius 2 is 2.04 bits per heavy atom. The molecule has 128 valence electrons. The molecule has 1 aromatic carbocycles. The van der Waals surface area contributed by atoms with E-state index < -0.39 is 6.10 Å². The van der Waals surface area contributed by atoms with E-state index >= 15 is 0 Å². The van der Waals surface area contributed by atoms with Gasteiger partial charge in [0.05, 0.1) is 0 Å². The van der Waals surface area contributed by atoms with E-state index in [0.29, 0.717) is 0 Å². The summed E-state index contributed by atoms with van der Waals surface area (Å²) in [6.07, 6.45) is 3.08. The van der Waals surface area contributed by atoms with Crippen molar-refractivity contribution in [2.75, 3.05) is 26.7 Å². The number of rotatable bonds is 6. The molecule has 1 aliphatic rings. The van der Waals surface area contributed by atoms with Gasteiger partial charge in [0.15, 0.2) is 6.10 Å². The monoisotopic (exact) mass is 318 g/mol. The minimum atomic E-state index is -0.464. The summed E-state index contributed by atoms with van der Waals surface area (Å²) in [7, 11) is 2.17. The molecule has 1 amide bonds. The fourth-order valence-corrected chi connectivity index (χ4v) is 3.07. The molecule has 1 atom stereocenters. The Kier molecular flexibility index (Phi) is 6.46. The molecule has 4 heteroatoms. The van der Waals surface area contributed by atoms with Gasteiger partial charge in [0.2, 0.25) is 0 Å². The highest BCUT2D eigenvalue weighted by Gasteiger charge is 2.18. The molecule has 0 radical (unpaired) electrons. The smallest absolute Gasteiger partial charge is 0.260 e. The number of nitrogens with zero attached hydrogens (tertiary/aromatic N) is 1. The van der Waals surface area contributed by atoms with Crippen LogP contribution in [0.5, 0.6) is 5.75 Å². The number of piperidine rings is 1. The lowest BCUT2D eigenvalue weighted by molar-refractivity contribution is -0.127. The van der Waals surface area contributed by atoms with Crippen molar-refractivity contribution in [2.45, 2.75) is 46.1 Å². The van der Waals surface area contributed by atoms with Gasteiger partial charge in [-0.05, 0) is 77.7 Å². The summed E-state index contributed by atoms with van der Waals surface area (Å²) in [5.74, 6) is 1.49. The van der Waals surface area contributed by atoms with Gasteiger partial charge >= 0.3 is 0 Å². The Morgan fingerprint density at radius 3 is 2.70 bits per heavy atom. The first-order valence-corrected chi connectivity index (χ1v) is 8.66. The van der Waals surface area contributed by atoms with Crippen LogP contribution >= 0.6 is 0 Å². The molecule has 0 unspecified atom stereocenters. The second kappa shape index (κ2) is 8.34. The van der Waals surface area contributed by atoms with Crippen molar-refractivity contribution < 1.29 is 9.53 Å². The van der Waals surface area contributed by atoms with Crippen molar-refractivity contribution in [1.82, 2.24) is 10.2 Å². The SMILES string of the molecule is Cc1ccc(O[C@H](C)C(=O)NCCC2CCN(C)CC2)c(C)c1. The van der Waals surface area contributed by atoms with E-state index in [1.807, 2.05) is 26.0 Å². The number of hydrogen-bond acceptors (Lipinski definition) is 3. The number of amides is 1. The number of benzene rings is 1. The molecule has 0 aromatic heterocycles. The third-order valence-electron chi connectivity index (χ3n) is 4.69. The van der Waals surface area contributed by atoms with E-state index in [-0.39, 0.29) is 5.91 Å². The van der Waals surface area contributed by atoms with E-state index in [0.717, 1.165) is 30.2 Å². The van der Waals surface area contributed by atoms with Crippen LogP contribution in [0.2, 0.25) is 0 Å². The molecule has 1 N–H and O–H groups in total. The van der Waals surface area contributed by atoms with Crippen molar-refractivity contribution >= 4 is 5.91 Å². The first kappa shape index (κ1) is 17.8. The summed E-state index contributed by atoms with van der Waals surface area (Å²) in [5.41, 5.74) is 2.26. The molecule has 0 bridgehead atoms. The fraction of sp³-hybridized carbons (Fsp3) is 0.632. The number of nitrogens with one attached hydrogen (secondary N) is 1. The molecular weight excluding hydrogens is 288 g/mol. The zero-order chi connectivity index (χ0) is 16.8. The van der Waals surface area contributed by atoms with Crippen LogP contribution < -0.4 is 10.1 Å². The average Bonchev–Trinajstić information content (AvgIpc) is 2.51. The molecule has 0 spiro atoms. The molecule has 4 nitrogen and oxygen atoms in total. The summed E-state index contributed by atoms with van der Waals surface area (Å²) in [6, 6.07) is 6.01. The summed E-state index contributed by atoms with van der Waals surface area (Å²) >= 11 is 0. The van der Waals surface area contributed by atoms with Crippen molar-refractivity contribution in [1.29, 1.82) is 0 Å². The minimum Gasteiger partial charge on any atom is -0.481 e. The standard InChI is InChI=1S/C19H30N2O2/c1-14-5-6-18(15(2)13-14)23-16(3)19(22)20-10-7-17-8-11-21(4)12-9-17/h5-6,13,16-17H,7-12H2,1-4H3,(H,20,22)/t16-/m1/s1. The third kappa shape index (κ3) is 5.54. The Morgan fingerprint density at radius 1 is 1.35 bits per heavy atom. The molecule has 0 saturated carbocycles. The highest BCUT2D eigenvalue weighted by molar-refractivity contribution is 5.80. The summed E-state index contributed by atoms with van der Waals surface area (Å²) in [4.78, 5) is 14.5. The van der Waals surface area contributed by atoms with Gasteiger partial charge in [0.1, 0.15) is 5.75 Å². The lowest BCUT2D eigenvalue weighted by Crippen LogP contribution is -2.38. The van der Waals surface area contributed by atoms with Crippen molar-refractivity contribution in [3.8, 4) is 5.75 Å². The van der Waals surface area contributed by atoms with E-state index in [2.05, 4.69) is 30.3 Å². The summed E-state index contributed by atoms with van der Waals surface area (Å²) in [6.45, 7) is 8.95. The van der Waals surface area contributed by atoms with Gasteiger partial charge in [-0.25, -0.2) is 0 Å². The predicted octanol–water partition coefficient (Wildman–Crippen LogP) is 2.92. The lowest BCUT2D eigenvalue weighted by atomic mass is 9.94. The molecule has 1 heterocycles. The van der Waals surface area contributed by atoms with E-state index in [1.165, 1.54) is 31.5 Å². The molecule has 23 heavy (non-hydrogen) atoms. The Bertz CT molecular complexity index is 522. The van der Waals surface area contributed by atoms with E-state index in [4.69, 9.17) is 4.74 Å². The van der Waals surface area contributed by atoms with Crippen LogP contribution in [0.15, 0.2) is 18.2 Å². The van der Waals surface area contributed by atoms with Gasteiger partial charge in [-0.15, -0.1) is 0 Å². The van der Waals surface area contributed by atoms with Crippen molar-refractivity contribution in [2.24, 2.45) is 5.92 Å². The molecule has 1 fully saturated rings. The molecule has 1 aliphatic heterocycles. The van der Waals surface area contributed by atoms with Gasteiger partial charge in [0.25, 0.3) is 5.91 Å². The second-order valence-corrected chi connectivity index (χ2v) is 6.86. The predicted molar refractivity (Wildman–Crippen MR) is 93.9 cm³/mol. The topological polar surface area (TPSA) is 41.6 Å². The van der Waals surface area contributed by atoms with Crippen LogP contribution in [0, 0.1) is 19.8 Å². The normalized spacial score (nSPS) is 17.7. The molecule has 2 rings (SSSR count). The first-order valence-electron chi connectivity index (χ1n) is 8.66. The number of hydrogen-bond donors (Lipinski definition) is 1. The van der Waals surface area contributed by atoms with E-state index in [9.17, 15) is 4.79 Å². The van der Waals surface area contributed by atoms with Gasteiger partial charge in [-0.3, -0.25) is 4.79 Å². The average molecular weight is 318 g/mol. The zero-order valence-electron chi connectivity index (χ0n) is 14.9. The molecule has 1 saturated heterocycles. The van der Waals surface area contributed by atoms with Gasteiger partial charge < -0.3 is 15.0 Å². The van der Waals surface area contributed by atoms with E-state index in [1.54, 1.807) is 0 Å². The number of ether oxygens (including phenoxy) is 1. The van der Waals surface area contributed by atoms with Crippen LogP contribution in [-0.2, 0) is 4.79 Å².